The summed E-state index contributed by atoms with van der Waals surface area (Å²) in [4.78, 5) is 7.30. The minimum atomic E-state index is -0.215. The van der Waals surface area contributed by atoms with Crippen molar-refractivity contribution in [3.05, 3.63) is 60.2 Å². The molecule has 1 aromatic carbocycles. The van der Waals surface area contributed by atoms with E-state index < -0.39 is 0 Å². The molecule has 2 aromatic heterocycles. The number of benzene rings is 1. The van der Waals surface area contributed by atoms with Gasteiger partial charge in [-0.1, -0.05) is 6.07 Å². The summed E-state index contributed by atoms with van der Waals surface area (Å²) in [5.41, 5.74) is 2.02. The molecule has 2 heterocycles. The number of fused-ring (bicyclic) bond motifs is 1. The van der Waals surface area contributed by atoms with Gasteiger partial charge in [0, 0.05) is 29.8 Å². The van der Waals surface area contributed by atoms with Crippen molar-refractivity contribution in [3.8, 4) is 0 Å². The van der Waals surface area contributed by atoms with Gasteiger partial charge in [0.05, 0.1) is 0 Å². The predicted molar refractivity (Wildman–Crippen MR) is 74.7 cm³/mol. The number of anilines is 1. The van der Waals surface area contributed by atoms with Crippen LogP contribution in [0.1, 0.15) is 5.56 Å². The molecule has 3 rings (SSSR count). The van der Waals surface area contributed by atoms with Crippen molar-refractivity contribution < 1.29 is 4.39 Å². The average molecular weight is 255 g/mol. The molecular weight excluding hydrogens is 241 g/mol. The molecule has 96 valence electrons. The number of rotatable bonds is 4. The number of aromatic amines is 1. The summed E-state index contributed by atoms with van der Waals surface area (Å²) < 4.78 is 13.1. The summed E-state index contributed by atoms with van der Waals surface area (Å²) in [5, 5.41) is 4.33. The first-order valence-electron chi connectivity index (χ1n) is 6.23. The van der Waals surface area contributed by atoms with Gasteiger partial charge in [-0.05, 0) is 42.3 Å². The third-order valence-electron chi connectivity index (χ3n) is 3.09. The molecule has 4 heteroatoms. The third kappa shape index (κ3) is 2.57. The molecule has 3 nitrogen and oxygen atoms in total. The van der Waals surface area contributed by atoms with E-state index in [1.54, 1.807) is 6.20 Å². The zero-order valence-corrected chi connectivity index (χ0v) is 10.4. The van der Waals surface area contributed by atoms with Crippen LogP contribution in [-0.4, -0.2) is 16.5 Å². The number of nitrogens with one attached hydrogen (secondary N) is 2. The van der Waals surface area contributed by atoms with Gasteiger partial charge in [0.25, 0.3) is 0 Å². The summed E-state index contributed by atoms with van der Waals surface area (Å²) >= 11 is 0. The maximum atomic E-state index is 13.1. The first kappa shape index (κ1) is 11.7. The number of hydrogen-bond donors (Lipinski definition) is 2. The minimum absolute atomic E-state index is 0.215. The SMILES string of the molecule is Fc1ccc2c(CCNc3ccccn3)c[nH]c2c1. The van der Waals surface area contributed by atoms with Gasteiger partial charge in [-0.15, -0.1) is 0 Å². The molecule has 0 fully saturated rings. The Kier molecular flexibility index (Phi) is 3.14. The number of pyridine rings is 1. The fraction of sp³-hybridized carbons (Fsp3) is 0.133. The van der Waals surface area contributed by atoms with E-state index in [1.165, 1.54) is 17.7 Å². The number of nitrogens with zero attached hydrogens (tertiary/aromatic N) is 1. The zero-order chi connectivity index (χ0) is 13.1. The molecule has 19 heavy (non-hydrogen) atoms. The number of H-pyrrole nitrogens is 1. The lowest BCUT2D eigenvalue weighted by Gasteiger charge is -2.04. The van der Waals surface area contributed by atoms with Gasteiger partial charge in [0.15, 0.2) is 0 Å². The van der Waals surface area contributed by atoms with Gasteiger partial charge in [0.1, 0.15) is 11.6 Å². The monoisotopic (exact) mass is 255 g/mol. The Hall–Kier alpha value is -2.36. The molecule has 0 atom stereocenters. The maximum absolute atomic E-state index is 13.1. The Morgan fingerprint density at radius 3 is 3.00 bits per heavy atom. The first-order chi connectivity index (χ1) is 9.33. The van der Waals surface area contributed by atoms with Crippen LogP contribution in [0.2, 0.25) is 0 Å². The summed E-state index contributed by atoms with van der Waals surface area (Å²) in [6.07, 6.45) is 4.56. The van der Waals surface area contributed by atoms with E-state index in [0.717, 1.165) is 29.7 Å². The van der Waals surface area contributed by atoms with Crippen LogP contribution in [-0.2, 0) is 6.42 Å². The molecule has 0 saturated carbocycles. The van der Waals surface area contributed by atoms with Crippen molar-refractivity contribution in [1.82, 2.24) is 9.97 Å². The highest BCUT2D eigenvalue weighted by Gasteiger charge is 2.04. The Morgan fingerprint density at radius 2 is 2.16 bits per heavy atom. The molecule has 0 aliphatic carbocycles. The predicted octanol–water partition coefficient (Wildman–Crippen LogP) is 3.36. The number of hydrogen-bond acceptors (Lipinski definition) is 2. The van der Waals surface area contributed by atoms with Gasteiger partial charge in [0.2, 0.25) is 0 Å². The van der Waals surface area contributed by atoms with Gasteiger partial charge >= 0.3 is 0 Å². The second-order valence-corrected chi connectivity index (χ2v) is 4.40. The van der Waals surface area contributed by atoms with Gasteiger partial charge < -0.3 is 10.3 Å². The lowest BCUT2D eigenvalue weighted by molar-refractivity contribution is 0.629. The van der Waals surface area contributed by atoms with Crippen LogP contribution < -0.4 is 5.32 Å². The van der Waals surface area contributed by atoms with Crippen LogP contribution in [0, 0.1) is 5.82 Å². The second kappa shape index (κ2) is 5.10. The van der Waals surface area contributed by atoms with E-state index in [2.05, 4.69) is 15.3 Å². The van der Waals surface area contributed by atoms with Crippen molar-refractivity contribution in [2.24, 2.45) is 0 Å². The third-order valence-corrected chi connectivity index (χ3v) is 3.09. The van der Waals surface area contributed by atoms with E-state index in [-0.39, 0.29) is 5.82 Å². The van der Waals surface area contributed by atoms with Crippen LogP contribution in [0.5, 0.6) is 0 Å². The van der Waals surface area contributed by atoms with E-state index in [9.17, 15) is 4.39 Å². The fourth-order valence-corrected chi connectivity index (χ4v) is 2.16. The number of aromatic nitrogens is 2. The van der Waals surface area contributed by atoms with Crippen LogP contribution >= 0.6 is 0 Å². The Labute approximate surface area is 110 Å². The smallest absolute Gasteiger partial charge is 0.125 e. The van der Waals surface area contributed by atoms with Gasteiger partial charge in [-0.3, -0.25) is 0 Å². The lowest BCUT2D eigenvalue weighted by Crippen LogP contribution is -2.05. The van der Waals surface area contributed by atoms with Crippen LogP contribution in [0.15, 0.2) is 48.8 Å². The Balaban J connectivity index is 1.69. The molecular formula is C15H14FN3. The van der Waals surface area contributed by atoms with Crippen LogP contribution in [0.3, 0.4) is 0 Å². The highest BCUT2D eigenvalue weighted by atomic mass is 19.1. The van der Waals surface area contributed by atoms with Crippen molar-refractivity contribution >= 4 is 16.7 Å². The molecule has 0 aliphatic heterocycles. The summed E-state index contributed by atoms with van der Waals surface area (Å²) in [6, 6.07) is 10.6. The van der Waals surface area contributed by atoms with Crippen molar-refractivity contribution in [2.75, 3.05) is 11.9 Å². The molecule has 0 aliphatic rings. The van der Waals surface area contributed by atoms with Crippen LogP contribution in [0.4, 0.5) is 10.2 Å². The van der Waals surface area contributed by atoms with E-state index in [0.29, 0.717) is 0 Å². The van der Waals surface area contributed by atoms with E-state index in [4.69, 9.17) is 0 Å². The topological polar surface area (TPSA) is 40.7 Å². The molecule has 3 aromatic rings. The molecule has 0 saturated heterocycles. The summed E-state index contributed by atoms with van der Waals surface area (Å²) in [7, 11) is 0. The molecule has 0 bridgehead atoms. The zero-order valence-electron chi connectivity index (χ0n) is 10.4. The molecule has 0 spiro atoms. The minimum Gasteiger partial charge on any atom is -0.370 e. The quantitative estimate of drug-likeness (QED) is 0.750. The number of halogens is 1. The maximum Gasteiger partial charge on any atom is 0.125 e. The summed E-state index contributed by atoms with van der Waals surface area (Å²) in [5.74, 6) is 0.654. The Morgan fingerprint density at radius 1 is 1.21 bits per heavy atom. The highest BCUT2D eigenvalue weighted by molar-refractivity contribution is 5.83. The largest absolute Gasteiger partial charge is 0.370 e. The standard InChI is InChI=1S/C15H14FN3/c16-12-4-5-13-11(10-19-14(13)9-12)6-8-18-15-3-1-2-7-17-15/h1-5,7,9-10,19H,6,8H2,(H,17,18). The van der Waals surface area contributed by atoms with Crippen molar-refractivity contribution in [3.63, 3.8) is 0 Å². The van der Waals surface area contributed by atoms with Crippen molar-refractivity contribution in [2.45, 2.75) is 6.42 Å². The highest BCUT2D eigenvalue weighted by Crippen LogP contribution is 2.19. The first-order valence-corrected chi connectivity index (χ1v) is 6.23. The van der Waals surface area contributed by atoms with Gasteiger partial charge in [-0.2, -0.15) is 0 Å². The van der Waals surface area contributed by atoms with Crippen LogP contribution in [0.25, 0.3) is 10.9 Å². The second-order valence-electron chi connectivity index (χ2n) is 4.40. The Bertz CT molecular complexity index is 676. The fourth-order valence-electron chi connectivity index (χ4n) is 2.16. The molecule has 0 radical (unpaired) electrons. The van der Waals surface area contributed by atoms with Crippen molar-refractivity contribution in [1.29, 1.82) is 0 Å². The normalized spacial score (nSPS) is 10.8. The molecule has 2 N–H and O–H groups in total. The molecule has 0 amide bonds. The average Bonchev–Trinajstić information content (AvgIpc) is 2.82. The lowest BCUT2D eigenvalue weighted by atomic mass is 10.1. The van der Waals surface area contributed by atoms with Gasteiger partial charge in [-0.25, -0.2) is 9.37 Å². The molecule has 0 unspecified atom stereocenters. The van der Waals surface area contributed by atoms with E-state index in [1.807, 2.05) is 30.5 Å². The van der Waals surface area contributed by atoms with E-state index >= 15 is 0 Å². The summed E-state index contributed by atoms with van der Waals surface area (Å²) in [6.45, 7) is 0.793.